The van der Waals surface area contributed by atoms with Gasteiger partial charge in [-0.2, -0.15) is 12.6 Å². The molecule has 1 rings (SSSR count). The molecule has 0 aliphatic rings. The summed E-state index contributed by atoms with van der Waals surface area (Å²) in [4.78, 5) is 90.7. The topological polar surface area (TPSA) is 334 Å². The zero-order chi connectivity index (χ0) is 33.9. The monoisotopic (exact) mass is 642 g/mol. The van der Waals surface area contributed by atoms with E-state index in [-0.39, 0.29) is 35.6 Å². The zero-order valence-electron chi connectivity index (χ0n) is 23.6. The van der Waals surface area contributed by atoms with Crippen molar-refractivity contribution in [3.8, 4) is 5.75 Å². The van der Waals surface area contributed by atoms with Gasteiger partial charge in [0.05, 0.1) is 37.0 Å². The van der Waals surface area contributed by atoms with Gasteiger partial charge < -0.3 is 49.1 Å². The molecule has 0 aliphatic heterocycles. The van der Waals surface area contributed by atoms with E-state index in [1.54, 1.807) is 0 Å². The maximum Gasteiger partial charge on any atom is 0.339 e. The van der Waals surface area contributed by atoms with Gasteiger partial charge in [-0.15, -0.1) is 0 Å². The number of aliphatic carboxylic acids is 3. The fourth-order valence-electron chi connectivity index (χ4n) is 4.34. The molecule has 18 heteroatoms. The summed E-state index contributed by atoms with van der Waals surface area (Å²) in [5, 5.41) is 36.0. The Kier molecular flexibility index (Phi) is 14.5. The van der Waals surface area contributed by atoms with Crippen LogP contribution in [0.3, 0.4) is 0 Å². The minimum atomic E-state index is -3.64. The second-order valence-corrected chi connectivity index (χ2v) is 10.5. The van der Waals surface area contributed by atoms with Crippen LogP contribution in [0.25, 0.3) is 0 Å². The number of rotatable bonds is 19. The van der Waals surface area contributed by atoms with Crippen molar-refractivity contribution in [1.82, 2.24) is 4.90 Å². The Hall–Kier alpha value is -3.94. The maximum atomic E-state index is 14.2. The fraction of sp³-hybridized carbons (Fsp3) is 0.500. The smallest absolute Gasteiger partial charge is 0.339 e. The van der Waals surface area contributed by atoms with Crippen LogP contribution in [-0.2, 0) is 40.0 Å². The van der Waals surface area contributed by atoms with Crippen LogP contribution in [0.2, 0.25) is 0 Å². The molecule has 0 bridgehead atoms. The van der Waals surface area contributed by atoms with Gasteiger partial charge in [-0.05, 0) is 43.5 Å². The lowest BCUT2D eigenvalue weighted by Crippen LogP contribution is -2.76. The van der Waals surface area contributed by atoms with E-state index in [4.69, 9.17) is 33.8 Å². The Balaban J connectivity index is 4.02. The van der Waals surface area contributed by atoms with Crippen LogP contribution < -0.4 is 28.7 Å². The SMILES string of the molecule is NCCCCC(N)C(=O)N(C(=O)C(N)CC(=O)O)C(C(=O)O)(C(=O)C(N)Cc1ccc(O)cc1)C(S)C(=O)C(N)CC(=O)O. The Morgan fingerprint density at radius 1 is 0.773 bits per heavy atom. The summed E-state index contributed by atoms with van der Waals surface area (Å²) in [6.45, 7) is 0.186. The van der Waals surface area contributed by atoms with Gasteiger partial charge in [-0.1, -0.05) is 18.6 Å². The van der Waals surface area contributed by atoms with E-state index in [1.165, 1.54) is 24.3 Å². The number of carboxylic acid groups (broad SMARTS) is 3. The van der Waals surface area contributed by atoms with E-state index < -0.39 is 95.5 Å². The second kappa shape index (κ2) is 16.8. The lowest BCUT2D eigenvalue weighted by Gasteiger charge is -2.43. The highest BCUT2D eigenvalue weighted by molar-refractivity contribution is 7.82. The largest absolute Gasteiger partial charge is 0.508 e. The third kappa shape index (κ3) is 9.28. The van der Waals surface area contributed by atoms with Crippen molar-refractivity contribution >= 4 is 53.9 Å². The van der Waals surface area contributed by atoms with Gasteiger partial charge in [0.2, 0.25) is 17.4 Å². The van der Waals surface area contributed by atoms with Crippen LogP contribution in [0, 0.1) is 0 Å². The van der Waals surface area contributed by atoms with E-state index in [1.807, 2.05) is 0 Å². The molecule has 0 heterocycles. The summed E-state index contributed by atoms with van der Waals surface area (Å²) in [5.74, 6) is -12.0. The molecule has 0 aliphatic carbocycles. The number of hydrogen-bond donors (Lipinski definition) is 10. The molecule has 14 N–H and O–H groups in total. The van der Waals surface area contributed by atoms with E-state index in [2.05, 4.69) is 12.6 Å². The highest BCUT2D eigenvalue weighted by Gasteiger charge is 2.64. The van der Waals surface area contributed by atoms with Gasteiger partial charge in [0.25, 0.3) is 0 Å². The Bertz CT molecular complexity index is 1250. The highest BCUT2D eigenvalue weighted by Crippen LogP contribution is 2.32. The van der Waals surface area contributed by atoms with Crippen LogP contribution in [0.5, 0.6) is 5.75 Å². The average Bonchev–Trinajstić information content (AvgIpc) is 2.94. The first-order valence-electron chi connectivity index (χ1n) is 13.2. The van der Waals surface area contributed by atoms with Crippen molar-refractivity contribution in [2.45, 2.75) is 73.5 Å². The van der Waals surface area contributed by atoms with Crippen molar-refractivity contribution in [3.63, 3.8) is 0 Å². The Labute approximate surface area is 257 Å². The van der Waals surface area contributed by atoms with Crippen molar-refractivity contribution in [2.75, 3.05) is 6.54 Å². The average molecular weight is 643 g/mol. The molecule has 0 spiro atoms. The normalized spacial score (nSPS) is 16.0. The number of hydrogen-bond acceptors (Lipinski definition) is 14. The van der Waals surface area contributed by atoms with Gasteiger partial charge >= 0.3 is 17.9 Å². The van der Waals surface area contributed by atoms with Crippen molar-refractivity contribution < 1.29 is 54.0 Å². The quantitative estimate of drug-likeness (QED) is 0.0406. The van der Waals surface area contributed by atoms with E-state index >= 15 is 0 Å². The van der Waals surface area contributed by atoms with Gasteiger partial charge in [0.1, 0.15) is 11.0 Å². The summed E-state index contributed by atoms with van der Waals surface area (Å²) < 4.78 is 0. The van der Waals surface area contributed by atoms with Gasteiger partial charge in [-0.25, -0.2) is 4.79 Å². The lowest BCUT2D eigenvalue weighted by atomic mass is 9.78. The first-order valence-corrected chi connectivity index (χ1v) is 13.8. The summed E-state index contributed by atoms with van der Waals surface area (Å²) in [7, 11) is 0. The molecular formula is C26H38N6O11S. The molecule has 0 saturated heterocycles. The molecule has 0 saturated carbocycles. The molecule has 6 atom stereocenters. The first kappa shape index (κ1) is 38.1. The molecule has 1 aromatic carbocycles. The first-order chi connectivity index (χ1) is 20.4. The molecule has 2 amide bonds. The Morgan fingerprint density at radius 3 is 1.75 bits per heavy atom. The number of imide groups is 1. The molecule has 1 aromatic rings. The van der Waals surface area contributed by atoms with Crippen LogP contribution in [0.4, 0.5) is 0 Å². The van der Waals surface area contributed by atoms with Gasteiger partial charge in [-0.3, -0.25) is 33.7 Å². The molecule has 0 aromatic heterocycles. The standard InChI is InChI=1S/C26H38N6O11S/c27-8-2-1-3-14(28)23(40)32(24(41)17(31)11-19(36)37)26(25(42)43,22(44)20(38)15(29)10-18(34)35)21(39)16(30)9-12-4-6-13(33)7-5-12/h4-7,14-17,22,33,44H,1-3,8-11,27-31H2,(H,34,35)(H,36,37)(H,42,43). The van der Waals surface area contributed by atoms with Crippen molar-refractivity contribution in [1.29, 1.82) is 0 Å². The number of nitrogens with zero attached hydrogens (tertiary/aromatic N) is 1. The van der Waals surface area contributed by atoms with Crippen LogP contribution in [-0.4, -0.2) is 108 Å². The van der Waals surface area contributed by atoms with Crippen molar-refractivity contribution in [2.24, 2.45) is 28.7 Å². The van der Waals surface area contributed by atoms with Crippen LogP contribution >= 0.6 is 12.6 Å². The number of amides is 2. The summed E-state index contributed by atoms with van der Waals surface area (Å²) >= 11 is 4.03. The minimum absolute atomic E-state index is 0.152. The van der Waals surface area contributed by atoms with E-state index in [0.717, 1.165) is 0 Å². The second-order valence-electron chi connectivity index (χ2n) is 10.0. The van der Waals surface area contributed by atoms with E-state index in [9.17, 15) is 48.9 Å². The highest BCUT2D eigenvalue weighted by atomic mass is 32.1. The molecule has 244 valence electrons. The van der Waals surface area contributed by atoms with Gasteiger partial charge in [0.15, 0.2) is 11.6 Å². The number of phenols is 1. The third-order valence-electron chi connectivity index (χ3n) is 6.65. The number of Topliss-reactive ketones (excluding diaryl/α,β-unsaturated/α-hetero) is 2. The number of benzene rings is 1. The predicted octanol–water partition coefficient (Wildman–Crippen LogP) is -3.06. The molecule has 17 nitrogen and oxygen atoms in total. The number of ketones is 2. The predicted molar refractivity (Wildman–Crippen MR) is 156 cm³/mol. The maximum absolute atomic E-state index is 14.2. The molecule has 0 fully saturated rings. The van der Waals surface area contributed by atoms with Gasteiger partial charge in [0, 0.05) is 0 Å². The van der Waals surface area contributed by atoms with Crippen LogP contribution in [0.1, 0.15) is 37.7 Å². The lowest BCUT2D eigenvalue weighted by molar-refractivity contribution is -0.173. The Morgan fingerprint density at radius 2 is 1.27 bits per heavy atom. The van der Waals surface area contributed by atoms with E-state index in [0.29, 0.717) is 6.42 Å². The third-order valence-corrected chi connectivity index (χ3v) is 7.28. The number of aromatic hydroxyl groups is 1. The molecule has 44 heavy (non-hydrogen) atoms. The van der Waals surface area contributed by atoms with Crippen LogP contribution in [0.15, 0.2) is 24.3 Å². The number of carboxylic acids is 3. The fourth-order valence-corrected chi connectivity index (χ4v) is 4.88. The number of carbonyl (C=O) groups excluding carboxylic acids is 4. The number of phenolic OH excluding ortho intramolecular Hbond substituents is 1. The number of nitrogens with two attached hydrogens (primary N) is 5. The number of carbonyl (C=O) groups is 7. The molecule has 6 unspecified atom stereocenters. The number of thiol groups is 1. The molecular weight excluding hydrogens is 604 g/mol. The molecule has 0 radical (unpaired) electrons. The minimum Gasteiger partial charge on any atom is -0.508 e. The summed E-state index contributed by atoms with van der Waals surface area (Å²) in [5.41, 5.74) is 25.6. The summed E-state index contributed by atoms with van der Waals surface area (Å²) in [6, 6.07) is -2.55. The summed E-state index contributed by atoms with van der Waals surface area (Å²) in [6.07, 6.45) is -2.29. The van der Waals surface area contributed by atoms with Crippen molar-refractivity contribution in [3.05, 3.63) is 29.8 Å². The number of unbranched alkanes of at least 4 members (excludes halogenated alkanes) is 1. The zero-order valence-corrected chi connectivity index (χ0v) is 24.5.